The fourth-order valence-electron chi connectivity index (χ4n) is 9.33. The first-order valence-electron chi connectivity index (χ1n) is 31.1. The predicted molar refractivity (Wildman–Crippen MR) is 390 cm³/mol. The van der Waals surface area contributed by atoms with Crippen LogP contribution >= 0.6 is 99.6 Å². The van der Waals surface area contributed by atoms with Gasteiger partial charge < -0.3 is 67.9 Å². The number of alkyl halides is 3. The average molecular weight is 1570 g/mol. The Labute approximate surface area is 596 Å². The number of aromatic nitrogens is 2. The van der Waals surface area contributed by atoms with Crippen LogP contribution in [0.25, 0.3) is 21.8 Å². The van der Waals surface area contributed by atoms with Gasteiger partial charge in [0.1, 0.15) is 5.78 Å². The smallest absolute Gasteiger partial charge is 0.441 e. The average Bonchev–Trinajstić information content (AvgIpc) is 0.806. The highest BCUT2D eigenvalue weighted by Crippen LogP contribution is 2.65. The lowest BCUT2D eigenvalue weighted by atomic mass is 10.1. The highest BCUT2D eigenvalue weighted by molar-refractivity contribution is 7.78. The number of Topliss-reactive ketones (excluding diaryl/α,β-unsaturated/α-hetero) is 1. The molecule has 96 heavy (non-hydrogen) atoms. The third-order valence-electron chi connectivity index (χ3n) is 15.2. The van der Waals surface area contributed by atoms with Gasteiger partial charge in [0.15, 0.2) is 8.32 Å². The number of aliphatic hydroxyl groups excluding tert-OH is 2. The number of amides is 2. The number of carbonyl (C=O) groups excluding carboxylic acids is 4. The Kier molecular flexibility index (Phi) is 41.3. The summed E-state index contributed by atoms with van der Waals surface area (Å²) >= 11 is 31.9. The third-order valence-corrected chi connectivity index (χ3v) is 29.9. The molecule has 0 saturated carbocycles. The molecule has 4 aromatic rings. The van der Waals surface area contributed by atoms with Gasteiger partial charge in [-0.2, -0.15) is 4.44 Å². The number of likely N-dealkylation sites (N-methyl/N-ethyl adjacent to an activating group) is 2. The summed E-state index contributed by atoms with van der Waals surface area (Å²) in [4.78, 5) is 98.2. The number of nitrogens with zero attached hydrogens (tertiary/aromatic N) is 6. The molecule has 2 aromatic carbocycles. The number of hydrogen-bond acceptors (Lipinski definition) is 19. The molecule has 2 aromatic heterocycles. The van der Waals surface area contributed by atoms with Crippen molar-refractivity contribution < 1.29 is 85.6 Å². The van der Waals surface area contributed by atoms with Gasteiger partial charge in [0.05, 0.1) is 49.1 Å². The normalized spacial score (nSPS) is 13.8. The highest BCUT2D eigenvalue weighted by Gasteiger charge is 2.44. The van der Waals surface area contributed by atoms with Crippen LogP contribution in [-0.2, 0) is 46.3 Å². The number of halogens is 6. The molecule has 0 fully saturated rings. The van der Waals surface area contributed by atoms with E-state index in [0.29, 0.717) is 60.0 Å². The standard InChI is InChI=1S/C24H40ClN3OSi.C23H35ClN4O10P2.C11H24O5P2.C2Cl4O2/c1-8-28(16-17-29-30(6,7)24(3,4)5)15-9-10-19(2)27-22-13-14-26-23-18-20(25)11-12-21(22)23;1-3-26(12-13-29)11-5-7-17(2)27(21-16-18(24)15-20-19(21)8-4-10-25-20)23(31)38-14-6-9-22(30)28(39(32,33)34)40(35,36)37;1-5-16-18(4,15)11(17(2,3)14)9-10(13)7-6-8-12;3-1(7)8-2(4,5)6/h11-14,18-19H,8-10,15-17H2,1-7H3,(H,26,27);4,8,10,15-17,29H,3,5-7,9,11-14H2,1-2H3,(H2,32,33,34)(H2,35,36,37);11-12H,5-9H2,1-4H3;. The molecule has 0 radical (unpaired) electrons. The molecule has 25 nitrogen and oxygen atoms in total. The summed E-state index contributed by atoms with van der Waals surface area (Å²) in [5.41, 5.74) is 1.90. The summed E-state index contributed by atoms with van der Waals surface area (Å²) in [5.74, 6) is -1.61. The number of fused-ring (bicyclic) bond motifs is 2. The summed E-state index contributed by atoms with van der Waals surface area (Å²) in [6.45, 7) is 32.0. The molecular weight excluding hydrogens is 1470 g/mol. The minimum Gasteiger partial charge on any atom is -0.449 e. The van der Waals surface area contributed by atoms with Gasteiger partial charge in [-0.1, -0.05) is 57.8 Å². The number of anilines is 2. The maximum absolute atomic E-state index is 13.3. The molecule has 0 aliphatic rings. The maximum Gasteiger partial charge on any atom is 0.441 e. The SMILES string of the molecule is CCN(CCCC(C)Nc1ccnc2cc(Cl)ccc12)CCO[Si](C)(C)C(C)(C)C.CCN(CCO)CCCC(C)N(C(=O)OCCCC(=O)N(P(=O)(O)O)P(=O)(O)O)c1cc(Cl)cc2ncccc12.CCOP(C)(=O)C(CC(=O)CCCO)P(C)(C)=O.O=C(Cl)OC(Cl)(Cl)Cl. The van der Waals surface area contributed by atoms with E-state index in [9.17, 15) is 42.5 Å². The number of pyridine rings is 2. The van der Waals surface area contributed by atoms with Gasteiger partial charge in [0.25, 0.3) is 0 Å². The van der Waals surface area contributed by atoms with E-state index in [1.54, 1.807) is 37.4 Å². The van der Waals surface area contributed by atoms with Crippen LogP contribution in [0.5, 0.6) is 0 Å². The lowest BCUT2D eigenvalue weighted by molar-refractivity contribution is -0.125. The molecule has 7 N–H and O–H groups in total. The van der Waals surface area contributed by atoms with Crippen molar-refractivity contribution in [2.75, 3.05) is 103 Å². The summed E-state index contributed by atoms with van der Waals surface area (Å²) in [7, 11) is -18.5. The Bertz CT molecular complexity index is 3250. The Balaban J connectivity index is 0.000000720. The monoisotopic (exact) mass is 1570 g/mol. The number of aliphatic hydroxyl groups is 2. The van der Waals surface area contributed by atoms with Crippen LogP contribution in [0.1, 0.15) is 113 Å². The molecule has 0 spiro atoms. The number of ketones is 1. The molecule has 4 unspecified atom stereocenters. The van der Waals surface area contributed by atoms with Crippen LogP contribution in [0.4, 0.5) is 21.0 Å². The van der Waals surface area contributed by atoms with Gasteiger partial charge in [0, 0.05) is 115 Å². The Morgan fingerprint density at radius 1 is 0.708 bits per heavy atom. The number of ether oxygens (including phenoxy) is 2. The lowest BCUT2D eigenvalue weighted by Gasteiger charge is -2.36. The Morgan fingerprint density at radius 2 is 1.28 bits per heavy atom. The number of rotatable bonds is 35. The van der Waals surface area contributed by atoms with Crippen molar-refractivity contribution in [2.45, 2.75) is 153 Å². The predicted octanol–water partition coefficient (Wildman–Crippen LogP) is 15.2. The second-order valence-electron chi connectivity index (χ2n) is 24.3. The van der Waals surface area contributed by atoms with Crippen LogP contribution in [-0.4, -0.2) is 199 Å². The Morgan fingerprint density at radius 3 is 1.80 bits per heavy atom. The van der Waals surface area contributed by atoms with Crippen LogP contribution in [0.3, 0.4) is 0 Å². The zero-order chi connectivity index (χ0) is 73.6. The number of carbonyl (C=O) groups is 4. The van der Waals surface area contributed by atoms with Crippen molar-refractivity contribution in [1.29, 1.82) is 0 Å². The van der Waals surface area contributed by atoms with E-state index in [-0.39, 0.29) is 62.6 Å². The molecular formula is C60H99Cl6N7O18P4Si. The minimum atomic E-state index is -5.57. The number of nitrogens with one attached hydrogen (secondary N) is 1. The van der Waals surface area contributed by atoms with Crippen molar-refractivity contribution in [3.8, 4) is 0 Å². The van der Waals surface area contributed by atoms with Crippen LogP contribution in [0.15, 0.2) is 60.9 Å². The quantitative estimate of drug-likeness (QED) is 0.00739. The van der Waals surface area contributed by atoms with Gasteiger partial charge in [-0.15, -0.1) is 0 Å². The third kappa shape index (κ3) is 34.9. The number of hydrogen-bond donors (Lipinski definition) is 7. The highest BCUT2D eigenvalue weighted by atomic mass is 35.6. The van der Waals surface area contributed by atoms with Crippen LogP contribution < -0.4 is 10.2 Å². The zero-order valence-electron chi connectivity index (χ0n) is 57.0. The van der Waals surface area contributed by atoms with Gasteiger partial charge in [-0.25, -0.2) is 18.7 Å². The largest absolute Gasteiger partial charge is 0.449 e. The van der Waals surface area contributed by atoms with E-state index in [0.717, 1.165) is 67.2 Å². The van der Waals surface area contributed by atoms with E-state index < -0.39 is 76.0 Å². The molecule has 0 bridgehead atoms. The fourth-order valence-corrected chi connectivity index (χ4v) is 19.3. The van der Waals surface area contributed by atoms with E-state index >= 15 is 0 Å². The second kappa shape index (κ2) is 43.4. The van der Waals surface area contributed by atoms with Crippen LogP contribution in [0, 0.1) is 0 Å². The van der Waals surface area contributed by atoms with Crippen molar-refractivity contribution >= 4 is 164 Å². The van der Waals surface area contributed by atoms with E-state index in [1.807, 2.05) is 44.3 Å². The first kappa shape index (κ1) is 91.4. The second-order valence-corrected chi connectivity index (χ2v) is 42.2. The lowest BCUT2D eigenvalue weighted by Crippen LogP contribution is -2.43. The molecule has 36 heteroatoms. The van der Waals surface area contributed by atoms with E-state index in [4.69, 9.17) is 96.4 Å². The van der Waals surface area contributed by atoms with Crippen molar-refractivity contribution in [2.24, 2.45) is 0 Å². The molecule has 0 aliphatic carbocycles. The molecule has 4 atom stereocenters. The maximum atomic E-state index is 13.3. The first-order chi connectivity index (χ1) is 44.3. The first-order valence-corrected chi connectivity index (χ1v) is 44.2. The summed E-state index contributed by atoms with van der Waals surface area (Å²) in [6.07, 6.45) is 5.84. The summed E-state index contributed by atoms with van der Waals surface area (Å²) in [5, 5.41) is 23.9. The fraction of sp³-hybridized carbons (Fsp3) is 0.633. The molecule has 0 saturated heterocycles. The van der Waals surface area contributed by atoms with Gasteiger partial charge in [0.2, 0.25) is 13.3 Å². The topological polar surface area (TPSA) is 346 Å². The minimum absolute atomic E-state index is 0.00193. The van der Waals surface area contributed by atoms with Crippen molar-refractivity contribution in [3.63, 3.8) is 0 Å². The zero-order valence-corrected chi connectivity index (χ0v) is 66.1. The van der Waals surface area contributed by atoms with Crippen LogP contribution in [0.2, 0.25) is 28.2 Å². The molecule has 4 rings (SSSR count). The summed E-state index contributed by atoms with van der Waals surface area (Å²) < 4.78 is 65.3. The van der Waals surface area contributed by atoms with Crippen molar-refractivity contribution in [3.05, 3.63) is 71.0 Å². The molecule has 2 heterocycles. The summed E-state index contributed by atoms with van der Waals surface area (Å²) in [6, 6.07) is 14.7. The van der Waals surface area contributed by atoms with Crippen molar-refractivity contribution in [1.82, 2.24) is 24.2 Å². The van der Waals surface area contributed by atoms with Gasteiger partial charge in [-0.3, -0.25) is 29.0 Å². The number of benzene rings is 2. The van der Waals surface area contributed by atoms with E-state index in [2.05, 4.69) is 89.1 Å². The molecule has 548 valence electrons. The molecule has 2 amide bonds. The Hall–Kier alpha value is -2.58. The van der Waals surface area contributed by atoms with Gasteiger partial charge in [-0.05, 0) is 200 Å². The van der Waals surface area contributed by atoms with Gasteiger partial charge >= 0.3 is 31.0 Å². The van der Waals surface area contributed by atoms with E-state index in [1.165, 1.54) is 24.9 Å². The molecule has 0 aliphatic heterocycles.